The van der Waals surface area contributed by atoms with E-state index in [4.69, 9.17) is 9.47 Å². The van der Waals surface area contributed by atoms with Crippen molar-refractivity contribution in [1.29, 1.82) is 5.26 Å². The van der Waals surface area contributed by atoms with Gasteiger partial charge in [0.1, 0.15) is 29.1 Å². The second kappa shape index (κ2) is 7.55. The number of esters is 1. The van der Waals surface area contributed by atoms with Crippen LogP contribution in [0, 0.1) is 28.0 Å². The van der Waals surface area contributed by atoms with Crippen LogP contribution in [0.1, 0.15) is 21.5 Å². The van der Waals surface area contributed by atoms with Gasteiger partial charge in [-0.05, 0) is 102 Å². The van der Waals surface area contributed by atoms with Crippen LogP contribution in [-0.2, 0) is 15.1 Å². The average Bonchev–Trinajstić information content (AvgIpc) is 3.05. The lowest BCUT2D eigenvalue weighted by atomic mass is 9.69. The molecule has 3 aliphatic rings. The number of carbonyl (C=O) groups is 2. The van der Waals surface area contributed by atoms with Gasteiger partial charge in [-0.1, -0.05) is 18.2 Å². The Balaban J connectivity index is 1.96. The molecule has 2 aromatic rings. The Kier molecular flexibility index (Phi) is 5.33. The minimum absolute atomic E-state index is 0.150. The van der Waals surface area contributed by atoms with E-state index in [2.05, 4.69) is 67.8 Å². The molecule has 1 spiro atoms. The lowest BCUT2D eigenvalue weighted by Gasteiger charge is -2.43. The van der Waals surface area contributed by atoms with Crippen molar-refractivity contribution in [2.24, 2.45) is 5.92 Å². The number of halogens is 4. The van der Waals surface area contributed by atoms with E-state index in [1.807, 2.05) is 34.7 Å². The number of Topliss-reactive ketones (excluding diaryl/α,β-unsaturated/α-hetero) is 1. The summed E-state index contributed by atoms with van der Waals surface area (Å²) in [4.78, 5) is 26.4. The van der Waals surface area contributed by atoms with Crippen molar-refractivity contribution in [1.82, 2.24) is 0 Å². The van der Waals surface area contributed by atoms with Gasteiger partial charge >= 0.3 is 5.97 Å². The topological polar surface area (TPSA) is 96.6 Å². The first-order valence-corrected chi connectivity index (χ1v) is 13.0. The fourth-order valence-corrected chi connectivity index (χ4v) is 7.17. The minimum Gasteiger partial charge on any atom is -0.503 e. The van der Waals surface area contributed by atoms with Crippen molar-refractivity contribution in [3.63, 3.8) is 0 Å². The zero-order chi connectivity index (χ0) is 22.2. The van der Waals surface area contributed by atoms with Crippen molar-refractivity contribution < 1.29 is 24.2 Å². The Labute approximate surface area is 230 Å². The van der Waals surface area contributed by atoms with E-state index in [1.165, 1.54) is 0 Å². The van der Waals surface area contributed by atoms with Crippen LogP contribution in [0.3, 0.4) is 0 Å². The van der Waals surface area contributed by atoms with Gasteiger partial charge in [-0.15, -0.1) is 0 Å². The van der Waals surface area contributed by atoms with Gasteiger partial charge < -0.3 is 14.6 Å². The fraction of sp³-hybridized carbons (Fsp3) is 0.0952. The number of aliphatic hydroxyl groups excluding tert-OH is 1. The SMILES string of the molecule is N#CC1=C(O)C(=O)C2C(=C1I)Oc1c(cc(I)c(I)c1I)C21OC(=O)c2ccccc21. The predicted molar refractivity (Wildman–Crippen MR) is 143 cm³/mol. The number of benzene rings is 2. The van der Waals surface area contributed by atoms with Crippen LogP contribution < -0.4 is 4.74 Å². The molecule has 1 aliphatic carbocycles. The van der Waals surface area contributed by atoms with Crippen molar-refractivity contribution in [2.75, 3.05) is 0 Å². The largest absolute Gasteiger partial charge is 0.503 e. The Bertz CT molecular complexity index is 1360. The summed E-state index contributed by atoms with van der Waals surface area (Å²) >= 11 is 8.47. The lowest BCUT2D eigenvalue weighted by molar-refractivity contribution is -0.129. The maximum Gasteiger partial charge on any atom is 0.339 e. The minimum atomic E-state index is -1.51. The predicted octanol–water partition coefficient (Wildman–Crippen LogP) is 5.49. The summed E-state index contributed by atoms with van der Waals surface area (Å²) in [5.74, 6) is -2.39. The second-order valence-corrected chi connectivity index (χ2v) is 11.3. The van der Waals surface area contributed by atoms with E-state index in [-0.39, 0.29) is 11.3 Å². The van der Waals surface area contributed by atoms with Crippen LogP contribution in [0.2, 0.25) is 0 Å². The zero-order valence-corrected chi connectivity index (χ0v) is 23.6. The van der Waals surface area contributed by atoms with Gasteiger partial charge in [-0.2, -0.15) is 5.26 Å². The summed E-state index contributed by atoms with van der Waals surface area (Å²) in [5.41, 5.74) is -0.229. The van der Waals surface area contributed by atoms with Crippen molar-refractivity contribution >= 4 is 102 Å². The summed E-state index contributed by atoms with van der Waals surface area (Å²) in [5, 5.41) is 20.1. The number of nitrogens with zero attached hydrogens (tertiary/aromatic N) is 1. The van der Waals surface area contributed by atoms with E-state index in [0.717, 1.165) is 10.7 Å². The number of nitriles is 1. The van der Waals surface area contributed by atoms with Gasteiger partial charge in [0.15, 0.2) is 11.4 Å². The molecular formula is C21H7I4NO5. The molecule has 5 rings (SSSR count). The molecule has 2 aliphatic heterocycles. The van der Waals surface area contributed by atoms with E-state index in [1.54, 1.807) is 24.3 Å². The van der Waals surface area contributed by atoms with Crippen LogP contribution in [0.5, 0.6) is 5.75 Å². The number of hydrogen-bond donors (Lipinski definition) is 1. The summed E-state index contributed by atoms with van der Waals surface area (Å²) in [6, 6.07) is 10.7. The van der Waals surface area contributed by atoms with E-state index >= 15 is 0 Å². The molecule has 154 valence electrons. The van der Waals surface area contributed by atoms with Crippen molar-refractivity contribution in [3.05, 3.63) is 78.4 Å². The number of fused-ring (bicyclic) bond motifs is 6. The molecule has 0 saturated heterocycles. The van der Waals surface area contributed by atoms with E-state index < -0.39 is 29.0 Å². The molecule has 2 aromatic carbocycles. The fourth-order valence-electron chi connectivity index (χ4n) is 4.18. The molecular weight excluding hydrogens is 854 g/mol. The zero-order valence-electron chi connectivity index (χ0n) is 15.0. The number of ether oxygens (including phenoxy) is 2. The van der Waals surface area contributed by atoms with Crippen LogP contribution >= 0.6 is 90.4 Å². The Morgan fingerprint density at radius 3 is 2.48 bits per heavy atom. The quantitative estimate of drug-likeness (QED) is 0.214. The molecule has 6 nitrogen and oxygen atoms in total. The van der Waals surface area contributed by atoms with Crippen LogP contribution in [0.25, 0.3) is 0 Å². The number of aliphatic hydroxyl groups is 1. The van der Waals surface area contributed by atoms with Gasteiger partial charge in [0, 0.05) is 18.3 Å². The third-order valence-corrected chi connectivity index (χ3v) is 11.6. The molecule has 2 unspecified atom stereocenters. The first kappa shape index (κ1) is 21.9. The first-order chi connectivity index (χ1) is 14.7. The van der Waals surface area contributed by atoms with Crippen LogP contribution in [0.4, 0.5) is 0 Å². The second-order valence-electron chi connectivity index (χ2n) is 6.95. The number of hydrogen-bond acceptors (Lipinski definition) is 6. The molecule has 2 atom stereocenters. The monoisotopic (exact) mass is 861 g/mol. The van der Waals surface area contributed by atoms with Crippen molar-refractivity contribution in [2.45, 2.75) is 5.60 Å². The number of carbonyl (C=O) groups excluding carboxylic acids is 2. The van der Waals surface area contributed by atoms with Gasteiger partial charge in [-0.25, -0.2) is 4.79 Å². The highest BCUT2D eigenvalue weighted by Gasteiger charge is 2.63. The standard InChI is InChI=1S/C21H7I4NO5/c22-11-5-10-18(15(25)14(11)24)30-19-12(17(28)16(27)8(6-26)13(19)23)21(10)9-4-2-1-3-7(9)20(29)31-21/h1-5,12,27H. The smallest absolute Gasteiger partial charge is 0.339 e. The highest BCUT2D eigenvalue weighted by Crippen LogP contribution is 2.59. The number of ketones is 1. The van der Waals surface area contributed by atoms with Crippen LogP contribution in [-0.4, -0.2) is 16.9 Å². The Hall–Kier alpha value is -0.930. The molecule has 0 fully saturated rings. The maximum atomic E-state index is 13.4. The summed E-state index contributed by atoms with van der Waals surface area (Å²) < 4.78 is 15.3. The van der Waals surface area contributed by atoms with Gasteiger partial charge in [0.2, 0.25) is 5.78 Å². The highest BCUT2D eigenvalue weighted by atomic mass is 127. The molecule has 0 radical (unpaired) electrons. The van der Waals surface area contributed by atoms with E-state index in [0.29, 0.717) is 26.0 Å². The van der Waals surface area contributed by atoms with Gasteiger partial charge in [-0.3, -0.25) is 4.79 Å². The van der Waals surface area contributed by atoms with E-state index in [9.17, 15) is 20.0 Å². The molecule has 10 heteroatoms. The maximum absolute atomic E-state index is 13.4. The normalized spacial score (nSPS) is 23.8. The summed E-state index contributed by atoms with van der Waals surface area (Å²) in [6.45, 7) is 0. The molecule has 0 saturated carbocycles. The summed E-state index contributed by atoms with van der Waals surface area (Å²) in [6.07, 6.45) is 0. The number of allylic oxidation sites excluding steroid dienone is 3. The highest BCUT2D eigenvalue weighted by molar-refractivity contribution is 14.1. The molecule has 0 aromatic heterocycles. The molecule has 2 heterocycles. The third-order valence-electron chi connectivity index (χ3n) is 5.48. The molecule has 0 bridgehead atoms. The van der Waals surface area contributed by atoms with Gasteiger partial charge in [0.25, 0.3) is 0 Å². The Morgan fingerprint density at radius 1 is 1.06 bits per heavy atom. The Morgan fingerprint density at radius 2 is 1.77 bits per heavy atom. The molecule has 31 heavy (non-hydrogen) atoms. The van der Waals surface area contributed by atoms with Crippen molar-refractivity contribution in [3.8, 4) is 11.8 Å². The van der Waals surface area contributed by atoms with Gasteiger partial charge in [0.05, 0.1) is 12.7 Å². The first-order valence-electron chi connectivity index (χ1n) is 8.70. The van der Waals surface area contributed by atoms with Crippen LogP contribution in [0.15, 0.2) is 51.0 Å². The summed E-state index contributed by atoms with van der Waals surface area (Å²) in [7, 11) is 0. The molecule has 0 amide bonds. The molecule has 1 N–H and O–H groups in total. The average molecular weight is 861 g/mol. The lowest BCUT2D eigenvalue weighted by Crippen LogP contribution is -2.49. The third kappa shape index (κ3) is 2.81. The number of rotatable bonds is 0.